The number of ether oxygens (including phenoxy) is 1. The van der Waals surface area contributed by atoms with Crippen molar-refractivity contribution in [2.45, 2.75) is 6.54 Å². The number of nitro groups is 1. The zero-order valence-corrected chi connectivity index (χ0v) is 10.7. The minimum absolute atomic E-state index is 0.00272. The van der Waals surface area contributed by atoms with Gasteiger partial charge >= 0.3 is 0 Å². The Labute approximate surface area is 110 Å². The van der Waals surface area contributed by atoms with Gasteiger partial charge in [0, 0.05) is 19.3 Å². The van der Waals surface area contributed by atoms with Crippen LogP contribution in [0, 0.1) is 10.1 Å². The molecule has 0 aliphatic rings. The highest BCUT2D eigenvalue weighted by Crippen LogP contribution is 2.29. The number of hydrogen-bond acceptors (Lipinski definition) is 5. The van der Waals surface area contributed by atoms with Gasteiger partial charge in [-0.1, -0.05) is 0 Å². The SMILES string of the molecule is COc1cc([N+](=O)[O-])ccc1NCc1cncn1C. The third kappa shape index (κ3) is 2.82. The van der Waals surface area contributed by atoms with Crippen LogP contribution in [-0.2, 0) is 13.6 Å². The number of nitrogens with zero attached hydrogens (tertiary/aromatic N) is 3. The van der Waals surface area contributed by atoms with Crippen LogP contribution in [0.1, 0.15) is 5.69 Å². The summed E-state index contributed by atoms with van der Waals surface area (Å²) in [5.41, 5.74) is 1.71. The van der Waals surface area contributed by atoms with Gasteiger partial charge in [-0.2, -0.15) is 0 Å². The van der Waals surface area contributed by atoms with Gasteiger partial charge < -0.3 is 14.6 Å². The first-order valence-corrected chi connectivity index (χ1v) is 5.63. The highest BCUT2D eigenvalue weighted by Gasteiger charge is 2.11. The molecule has 2 aromatic rings. The molecule has 1 N–H and O–H groups in total. The van der Waals surface area contributed by atoms with E-state index in [1.165, 1.54) is 19.2 Å². The summed E-state index contributed by atoms with van der Waals surface area (Å²) in [6, 6.07) is 4.47. The average Bonchev–Trinajstić information content (AvgIpc) is 2.81. The lowest BCUT2D eigenvalue weighted by molar-refractivity contribution is -0.384. The molecular formula is C12H14N4O3. The first-order valence-electron chi connectivity index (χ1n) is 5.63. The van der Waals surface area contributed by atoms with E-state index >= 15 is 0 Å². The lowest BCUT2D eigenvalue weighted by Crippen LogP contribution is -2.05. The summed E-state index contributed by atoms with van der Waals surface area (Å²) < 4.78 is 7.04. The molecule has 0 radical (unpaired) electrons. The number of nitrogens with one attached hydrogen (secondary N) is 1. The largest absolute Gasteiger partial charge is 0.494 e. The number of anilines is 1. The van der Waals surface area contributed by atoms with Gasteiger partial charge in [0.25, 0.3) is 5.69 Å². The monoisotopic (exact) mass is 262 g/mol. The maximum atomic E-state index is 10.7. The van der Waals surface area contributed by atoms with Crippen LogP contribution >= 0.6 is 0 Å². The smallest absolute Gasteiger partial charge is 0.273 e. The van der Waals surface area contributed by atoms with Crippen LogP contribution in [-0.4, -0.2) is 21.6 Å². The summed E-state index contributed by atoms with van der Waals surface area (Å²) >= 11 is 0. The Balaban J connectivity index is 2.16. The molecule has 100 valence electrons. The van der Waals surface area contributed by atoms with Gasteiger partial charge in [0.1, 0.15) is 5.75 Å². The molecule has 2 rings (SSSR count). The Bertz CT molecular complexity index is 594. The van der Waals surface area contributed by atoms with E-state index in [-0.39, 0.29) is 5.69 Å². The van der Waals surface area contributed by atoms with Crippen molar-refractivity contribution in [2.75, 3.05) is 12.4 Å². The van der Waals surface area contributed by atoms with Crippen molar-refractivity contribution in [2.24, 2.45) is 7.05 Å². The summed E-state index contributed by atoms with van der Waals surface area (Å²) in [6.07, 6.45) is 3.47. The van der Waals surface area contributed by atoms with E-state index in [1.807, 2.05) is 11.6 Å². The molecule has 1 aromatic carbocycles. The highest BCUT2D eigenvalue weighted by atomic mass is 16.6. The predicted molar refractivity (Wildman–Crippen MR) is 70.2 cm³/mol. The fraction of sp³-hybridized carbons (Fsp3) is 0.250. The van der Waals surface area contributed by atoms with Crippen molar-refractivity contribution in [3.63, 3.8) is 0 Å². The van der Waals surface area contributed by atoms with E-state index in [0.717, 1.165) is 5.69 Å². The quantitative estimate of drug-likeness (QED) is 0.657. The summed E-state index contributed by atoms with van der Waals surface area (Å²) in [4.78, 5) is 14.3. The highest BCUT2D eigenvalue weighted by molar-refractivity contribution is 5.60. The lowest BCUT2D eigenvalue weighted by atomic mass is 10.2. The summed E-state index contributed by atoms with van der Waals surface area (Å²) in [5, 5.41) is 13.9. The Morgan fingerprint density at radius 1 is 1.53 bits per heavy atom. The van der Waals surface area contributed by atoms with Crippen molar-refractivity contribution in [1.29, 1.82) is 0 Å². The Morgan fingerprint density at radius 2 is 2.32 bits per heavy atom. The normalized spacial score (nSPS) is 10.2. The predicted octanol–water partition coefficient (Wildman–Crippen LogP) is 1.95. The summed E-state index contributed by atoms with van der Waals surface area (Å²) in [5.74, 6) is 0.441. The van der Waals surface area contributed by atoms with E-state index in [9.17, 15) is 10.1 Å². The molecule has 0 aliphatic heterocycles. The molecular weight excluding hydrogens is 248 g/mol. The number of benzene rings is 1. The minimum Gasteiger partial charge on any atom is -0.494 e. The second-order valence-electron chi connectivity index (χ2n) is 3.99. The maximum Gasteiger partial charge on any atom is 0.273 e. The number of hydrogen-bond donors (Lipinski definition) is 1. The van der Waals surface area contributed by atoms with Gasteiger partial charge in [0.05, 0.1) is 42.4 Å². The molecule has 0 saturated carbocycles. The first kappa shape index (κ1) is 12.9. The van der Waals surface area contributed by atoms with Gasteiger partial charge in [-0.3, -0.25) is 10.1 Å². The third-order valence-electron chi connectivity index (χ3n) is 2.77. The fourth-order valence-electron chi connectivity index (χ4n) is 1.68. The minimum atomic E-state index is -0.451. The van der Waals surface area contributed by atoms with E-state index in [2.05, 4.69) is 10.3 Å². The number of aryl methyl sites for hydroxylation is 1. The molecule has 1 heterocycles. The first-order chi connectivity index (χ1) is 9.11. The van der Waals surface area contributed by atoms with Crippen molar-refractivity contribution in [3.8, 4) is 5.75 Å². The topological polar surface area (TPSA) is 82.2 Å². The molecule has 19 heavy (non-hydrogen) atoms. The Morgan fingerprint density at radius 3 is 2.89 bits per heavy atom. The molecule has 0 spiro atoms. The van der Waals surface area contributed by atoms with Crippen molar-refractivity contribution >= 4 is 11.4 Å². The van der Waals surface area contributed by atoms with Crippen LogP contribution in [0.4, 0.5) is 11.4 Å². The molecule has 0 fully saturated rings. The van der Waals surface area contributed by atoms with Gasteiger partial charge in [-0.05, 0) is 6.07 Å². The number of aromatic nitrogens is 2. The van der Waals surface area contributed by atoms with Gasteiger partial charge in [0.2, 0.25) is 0 Å². The number of imidazole rings is 1. The molecule has 0 aliphatic carbocycles. The lowest BCUT2D eigenvalue weighted by Gasteiger charge is -2.11. The van der Waals surface area contributed by atoms with Crippen LogP contribution in [0.5, 0.6) is 5.75 Å². The van der Waals surface area contributed by atoms with Crippen LogP contribution in [0.3, 0.4) is 0 Å². The maximum absolute atomic E-state index is 10.7. The third-order valence-corrected chi connectivity index (χ3v) is 2.77. The van der Waals surface area contributed by atoms with E-state index in [1.54, 1.807) is 18.6 Å². The van der Waals surface area contributed by atoms with E-state index in [4.69, 9.17) is 4.74 Å². The number of methoxy groups -OCH3 is 1. The fourth-order valence-corrected chi connectivity index (χ4v) is 1.68. The Hall–Kier alpha value is -2.57. The number of nitro benzene ring substituents is 1. The van der Waals surface area contributed by atoms with E-state index < -0.39 is 4.92 Å². The standard InChI is InChI=1S/C12H14N4O3/c1-15-8-13-6-10(15)7-14-11-4-3-9(16(17)18)5-12(11)19-2/h3-6,8,14H,7H2,1-2H3. The van der Waals surface area contributed by atoms with E-state index in [0.29, 0.717) is 18.0 Å². The summed E-state index contributed by atoms with van der Waals surface area (Å²) in [7, 11) is 3.38. The summed E-state index contributed by atoms with van der Waals surface area (Å²) in [6.45, 7) is 0.560. The zero-order valence-electron chi connectivity index (χ0n) is 10.7. The molecule has 0 atom stereocenters. The van der Waals surface area contributed by atoms with Gasteiger partial charge in [-0.25, -0.2) is 4.98 Å². The Kier molecular flexibility index (Phi) is 3.65. The second kappa shape index (κ2) is 5.38. The molecule has 1 aromatic heterocycles. The number of rotatable bonds is 5. The van der Waals surface area contributed by atoms with Gasteiger partial charge in [0.15, 0.2) is 0 Å². The van der Waals surface area contributed by atoms with Crippen molar-refractivity contribution in [1.82, 2.24) is 9.55 Å². The average molecular weight is 262 g/mol. The molecule has 0 bridgehead atoms. The van der Waals surface area contributed by atoms with Crippen LogP contribution in [0.25, 0.3) is 0 Å². The molecule has 0 unspecified atom stereocenters. The molecule has 7 heteroatoms. The van der Waals surface area contributed by atoms with Crippen molar-refractivity contribution < 1.29 is 9.66 Å². The number of non-ortho nitro benzene ring substituents is 1. The van der Waals surface area contributed by atoms with Crippen molar-refractivity contribution in [3.05, 3.63) is 46.5 Å². The molecule has 0 saturated heterocycles. The zero-order chi connectivity index (χ0) is 13.8. The van der Waals surface area contributed by atoms with Crippen LogP contribution in [0.2, 0.25) is 0 Å². The van der Waals surface area contributed by atoms with Crippen LogP contribution < -0.4 is 10.1 Å². The van der Waals surface area contributed by atoms with Gasteiger partial charge in [-0.15, -0.1) is 0 Å². The molecule has 0 amide bonds. The van der Waals surface area contributed by atoms with Crippen LogP contribution in [0.15, 0.2) is 30.7 Å². The molecule has 7 nitrogen and oxygen atoms in total. The second-order valence-corrected chi connectivity index (χ2v) is 3.99.